The number of likely N-dealkylation sites (N-methyl/N-ethyl adjacent to an activating group) is 1. The second-order valence-corrected chi connectivity index (χ2v) is 8.38. The van der Waals surface area contributed by atoms with Gasteiger partial charge in [-0.2, -0.15) is 0 Å². The number of likely N-dealkylation sites (tertiary alicyclic amines) is 1. The first kappa shape index (κ1) is 20.9. The Morgan fingerprint density at radius 2 is 1.67 bits per heavy atom. The number of nitrogens with zero attached hydrogens (tertiary/aromatic N) is 2. The van der Waals surface area contributed by atoms with Gasteiger partial charge in [-0.1, -0.05) is 42.5 Å². The summed E-state index contributed by atoms with van der Waals surface area (Å²) in [5, 5.41) is 0. The van der Waals surface area contributed by atoms with Crippen LogP contribution in [0.5, 0.6) is 5.75 Å². The molecule has 0 aromatic heterocycles. The highest BCUT2D eigenvalue weighted by atomic mass is 16.5. The van der Waals surface area contributed by atoms with Gasteiger partial charge in [-0.25, -0.2) is 0 Å². The summed E-state index contributed by atoms with van der Waals surface area (Å²) in [6.45, 7) is 5.24. The third-order valence-electron chi connectivity index (χ3n) is 6.30. The predicted molar refractivity (Wildman–Crippen MR) is 118 cm³/mol. The number of carbonyl (C=O) groups is 1. The van der Waals surface area contributed by atoms with Gasteiger partial charge in [0.05, 0.1) is 13.2 Å². The summed E-state index contributed by atoms with van der Waals surface area (Å²) in [6, 6.07) is 18.9. The van der Waals surface area contributed by atoms with E-state index in [0.29, 0.717) is 6.61 Å². The number of hydrogen-bond donors (Lipinski definition) is 0. The van der Waals surface area contributed by atoms with E-state index < -0.39 is 0 Å². The zero-order valence-electron chi connectivity index (χ0n) is 17.8. The Hall–Kier alpha value is -2.37. The zero-order chi connectivity index (χ0) is 20.8. The highest BCUT2D eigenvalue weighted by Gasteiger charge is 2.36. The SMILES string of the molecule is CN1C(=O)C(Cc2ccccc2)C[C@@H]1Cc1ccc(OCCN2CCOCC2)cc1. The molecule has 0 bridgehead atoms. The van der Waals surface area contributed by atoms with E-state index in [2.05, 4.69) is 29.2 Å². The summed E-state index contributed by atoms with van der Waals surface area (Å²) in [7, 11) is 1.95. The summed E-state index contributed by atoms with van der Waals surface area (Å²) in [5.74, 6) is 1.27. The molecule has 5 heteroatoms. The molecule has 2 aromatic rings. The topological polar surface area (TPSA) is 42.0 Å². The number of amides is 1. The molecule has 2 aliphatic heterocycles. The van der Waals surface area contributed by atoms with Crippen molar-refractivity contribution in [2.24, 2.45) is 5.92 Å². The van der Waals surface area contributed by atoms with Crippen LogP contribution < -0.4 is 4.74 Å². The molecule has 4 rings (SSSR count). The number of hydrogen-bond acceptors (Lipinski definition) is 4. The minimum Gasteiger partial charge on any atom is -0.492 e. The average molecular weight is 409 g/mol. The average Bonchev–Trinajstić information content (AvgIpc) is 3.04. The van der Waals surface area contributed by atoms with Gasteiger partial charge in [0.25, 0.3) is 0 Å². The molecule has 2 fully saturated rings. The van der Waals surface area contributed by atoms with Crippen LogP contribution in [0, 0.1) is 5.92 Å². The monoisotopic (exact) mass is 408 g/mol. The van der Waals surface area contributed by atoms with Crippen LogP contribution in [0.2, 0.25) is 0 Å². The van der Waals surface area contributed by atoms with Crippen LogP contribution >= 0.6 is 0 Å². The zero-order valence-corrected chi connectivity index (χ0v) is 17.8. The van der Waals surface area contributed by atoms with Gasteiger partial charge in [-0.15, -0.1) is 0 Å². The van der Waals surface area contributed by atoms with Crippen molar-refractivity contribution < 1.29 is 14.3 Å². The second-order valence-electron chi connectivity index (χ2n) is 8.38. The van der Waals surface area contributed by atoms with Crippen molar-refractivity contribution in [3.63, 3.8) is 0 Å². The molecule has 160 valence electrons. The summed E-state index contributed by atoms with van der Waals surface area (Å²) in [4.78, 5) is 17.0. The fourth-order valence-electron chi connectivity index (χ4n) is 4.46. The van der Waals surface area contributed by atoms with Gasteiger partial charge < -0.3 is 14.4 Å². The van der Waals surface area contributed by atoms with Crippen LogP contribution in [0.1, 0.15) is 17.5 Å². The summed E-state index contributed by atoms with van der Waals surface area (Å²) in [5.41, 5.74) is 2.49. The summed E-state index contributed by atoms with van der Waals surface area (Å²) < 4.78 is 11.3. The van der Waals surface area contributed by atoms with Gasteiger partial charge in [0.15, 0.2) is 0 Å². The maximum atomic E-state index is 12.7. The Morgan fingerprint density at radius 3 is 2.40 bits per heavy atom. The molecule has 0 N–H and O–H groups in total. The van der Waals surface area contributed by atoms with Gasteiger partial charge in [-0.05, 0) is 42.5 Å². The minimum absolute atomic E-state index is 0.0881. The van der Waals surface area contributed by atoms with Gasteiger partial charge >= 0.3 is 0 Å². The maximum Gasteiger partial charge on any atom is 0.226 e. The number of morpholine rings is 1. The first-order valence-corrected chi connectivity index (χ1v) is 11.0. The third kappa shape index (κ3) is 5.41. The number of rotatable bonds is 8. The van der Waals surface area contributed by atoms with E-state index in [1.165, 1.54) is 11.1 Å². The second kappa shape index (κ2) is 10.1. The molecule has 0 spiro atoms. The Labute approximate surface area is 179 Å². The Morgan fingerprint density at radius 1 is 0.967 bits per heavy atom. The fourth-order valence-corrected chi connectivity index (χ4v) is 4.46. The van der Waals surface area contributed by atoms with Crippen LogP contribution in [0.3, 0.4) is 0 Å². The fraction of sp³-hybridized carbons (Fsp3) is 0.480. The van der Waals surface area contributed by atoms with E-state index >= 15 is 0 Å². The number of ether oxygens (including phenoxy) is 2. The van der Waals surface area contributed by atoms with E-state index in [4.69, 9.17) is 9.47 Å². The van der Waals surface area contributed by atoms with Gasteiger partial charge in [-0.3, -0.25) is 9.69 Å². The lowest BCUT2D eigenvalue weighted by molar-refractivity contribution is -0.130. The van der Waals surface area contributed by atoms with Crippen molar-refractivity contribution in [3.05, 3.63) is 65.7 Å². The first-order valence-electron chi connectivity index (χ1n) is 11.0. The van der Waals surface area contributed by atoms with E-state index in [9.17, 15) is 4.79 Å². The number of benzene rings is 2. The molecule has 5 nitrogen and oxygen atoms in total. The van der Waals surface area contributed by atoms with Crippen molar-refractivity contribution in [3.8, 4) is 5.75 Å². The molecule has 2 aliphatic rings. The molecule has 2 heterocycles. The molecule has 2 aromatic carbocycles. The molecule has 1 unspecified atom stereocenters. The highest BCUT2D eigenvalue weighted by Crippen LogP contribution is 2.29. The summed E-state index contributed by atoms with van der Waals surface area (Å²) in [6.07, 6.45) is 2.64. The normalized spacial score (nSPS) is 22.4. The van der Waals surface area contributed by atoms with Crippen LogP contribution in [0.4, 0.5) is 0 Å². The highest BCUT2D eigenvalue weighted by molar-refractivity contribution is 5.81. The van der Waals surface area contributed by atoms with Crippen molar-refractivity contribution in [2.75, 3.05) is 46.5 Å². The molecular weight excluding hydrogens is 376 g/mol. The Balaban J connectivity index is 1.26. The molecule has 30 heavy (non-hydrogen) atoms. The lowest BCUT2D eigenvalue weighted by Crippen LogP contribution is -2.38. The quantitative estimate of drug-likeness (QED) is 0.673. The molecule has 0 saturated carbocycles. The minimum atomic E-state index is 0.0881. The van der Waals surface area contributed by atoms with Gasteiger partial charge in [0.2, 0.25) is 5.91 Å². The molecular formula is C25H32N2O3. The van der Waals surface area contributed by atoms with E-state index in [1.54, 1.807) is 0 Å². The van der Waals surface area contributed by atoms with Crippen molar-refractivity contribution in [1.29, 1.82) is 0 Å². The van der Waals surface area contributed by atoms with E-state index in [1.807, 2.05) is 42.3 Å². The molecule has 1 amide bonds. The van der Waals surface area contributed by atoms with Crippen LogP contribution in [-0.4, -0.2) is 68.3 Å². The van der Waals surface area contributed by atoms with Crippen molar-refractivity contribution in [2.45, 2.75) is 25.3 Å². The predicted octanol–water partition coefficient (Wildman–Crippen LogP) is 3.03. The van der Waals surface area contributed by atoms with E-state index in [0.717, 1.165) is 57.9 Å². The largest absolute Gasteiger partial charge is 0.492 e. The Bertz CT molecular complexity index is 803. The van der Waals surface area contributed by atoms with Crippen molar-refractivity contribution in [1.82, 2.24) is 9.80 Å². The first-order chi connectivity index (χ1) is 14.7. The third-order valence-corrected chi connectivity index (χ3v) is 6.30. The van der Waals surface area contributed by atoms with Gasteiger partial charge in [0, 0.05) is 38.6 Å². The van der Waals surface area contributed by atoms with Gasteiger partial charge in [0.1, 0.15) is 12.4 Å². The molecule has 2 atom stereocenters. The summed E-state index contributed by atoms with van der Waals surface area (Å²) >= 11 is 0. The maximum absolute atomic E-state index is 12.7. The van der Waals surface area contributed by atoms with Crippen LogP contribution in [0.15, 0.2) is 54.6 Å². The van der Waals surface area contributed by atoms with Crippen molar-refractivity contribution >= 4 is 5.91 Å². The smallest absolute Gasteiger partial charge is 0.226 e. The number of carbonyl (C=O) groups excluding carboxylic acids is 1. The molecule has 2 saturated heterocycles. The van der Waals surface area contributed by atoms with Crippen LogP contribution in [0.25, 0.3) is 0 Å². The lowest BCUT2D eigenvalue weighted by Gasteiger charge is -2.26. The standard InChI is InChI=1S/C25H32N2O3/c1-26-23(19-22(25(26)28)17-20-5-3-2-4-6-20)18-21-7-9-24(10-8-21)30-16-13-27-11-14-29-15-12-27/h2-10,22-23H,11-19H2,1H3/t22?,23-/m0/s1. The molecule has 0 radical (unpaired) electrons. The molecule has 0 aliphatic carbocycles. The van der Waals surface area contributed by atoms with E-state index in [-0.39, 0.29) is 17.9 Å². The lowest BCUT2D eigenvalue weighted by atomic mass is 9.94. The Kier molecular flexibility index (Phi) is 7.03. The van der Waals surface area contributed by atoms with Crippen LogP contribution in [-0.2, 0) is 22.4 Å².